The van der Waals surface area contributed by atoms with E-state index >= 15 is 0 Å². The number of nitrogens with zero attached hydrogens (tertiary/aromatic N) is 2. The maximum atomic E-state index is 12.4. The van der Waals surface area contributed by atoms with Crippen molar-refractivity contribution in [2.24, 2.45) is 5.73 Å². The molecule has 2 aromatic rings. The van der Waals surface area contributed by atoms with E-state index in [0.717, 1.165) is 12.8 Å². The third kappa shape index (κ3) is 4.60. The Morgan fingerprint density at radius 2 is 2.17 bits per heavy atom. The second-order valence-electron chi connectivity index (χ2n) is 6.58. The summed E-state index contributed by atoms with van der Waals surface area (Å²) >= 11 is 6.39. The van der Waals surface area contributed by atoms with Gasteiger partial charge < -0.3 is 11.1 Å². The highest BCUT2D eigenvalue weighted by molar-refractivity contribution is 7.91. The molecule has 0 radical (unpaired) electrons. The number of aromatic nitrogens is 2. The van der Waals surface area contributed by atoms with E-state index in [9.17, 15) is 13.2 Å². The SMILES string of the molecule is CNC=CCS(=O)(=O)c1ccc(-n2ncc(C(=O)NC(=N)N)c2C2CC2)c(Cl)c1. The van der Waals surface area contributed by atoms with Gasteiger partial charge in [-0.15, -0.1) is 0 Å². The molecule has 1 aromatic carbocycles. The first kappa shape index (κ1) is 20.9. The average molecular weight is 437 g/mol. The second kappa shape index (κ2) is 8.26. The van der Waals surface area contributed by atoms with Gasteiger partial charge in [0.25, 0.3) is 5.91 Å². The Kier molecular flexibility index (Phi) is 5.94. The summed E-state index contributed by atoms with van der Waals surface area (Å²) in [7, 11) is -1.85. The van der Waals surface area contributed by atoms with Crippen LogP contribution >= 0.6 is 11.6 Å². The molecule has 1 saturated carbocycles. The zero-order valence-electron chi connectivity index (χ0n) is 15.6. The number of sulfone groups is 1. The first-order valence-corrected chi connectivity index (χ1v) is 10.9. The van der Waals surface area contributed by atoms with Crippen LogP contribution in [0.15, 0.2) is 41.6 Å². The molecule has 1 aromatic heterocycles. The lowest BCUT2D eigenvalue weighted by molar-refractivity contribution is 0.0975. The smallest absolute Gasteiger partial charge is 0.261 e. The summed E-state index contributed by atoms with van der Waals surface area (Å²) in [4.78, 5) is 12.4. The van der Waals surface area contributed by atoms with Gasteiger partial charge >= 0.3 is 0 Å². The Balaban J connectivity index is 1.98. The maximum absolute atomic E-state index is 12.4. The van der Waals surface area contributed by atoms with Crippen LogP contribution in [0.25, 0.3) is 5.69 Å². The van der Waals surface area contributed by atoms with Gasteiger partial charge in [-0.3, -0.25) is 15.5 Å². The van der Waals surface area contributed by atoms with Gasteiger partial charge in [0, 0.05) is 13.0 Å². The third-order valence-electron chi connectivity index (χ3n) is 4.37. The highest BCUT2D eigenvalue weighted by Gasteiger charge is 2.33. The molecule has 1 amide bonds. The minimum atomic E-state index is -3.53. The summed E-state index contributed by atoms with van der Waals surface area (Å²) in [6.07, 6.45) is 6.25. The summed E-state index contributed by atoms with van der Waals surface area (Å²) in [5.41, 5.74) is 6.70. The summed E-state index contributed by atoms with van der Waals surface area (Å²) in [5.74, 6) is -0.994. The number of amides is 1. The number of carbonyl (C=O) groups excluding carboxylic acids is 1. The van der Waals surface area contributed by atoms with Gasteiger partial charge in [-0.05, 0) is 37.2 Å². The standard InChI is InChI=1S/C18H21ClN6O3S/c1-22-7-2-8-29(27,28)12-5-6-15(14(19)9-12)25-16(11-3-4-11)13(10-23-25)17(26)24-18(20)21/h2,5-7,9-11,22H,3-4,8H2,1H3,(H4,20,21,24,26). The van der Waals surface area contributed by atoms with Crippen molar-refractivity contribution in [2.45, 2.75) is 23.7 Å². The van der Waals surface area contributed by atoms with Crippen LogP contribution in [0, 0.1) is 5.41 Å². The second-order valence-corrected chi connectivity index (χ2v) is 9.02. The summed E-state index contributed by atoms with van der Waals surface area (Å²) < 4.78 is 26.4. The predicted octanol–water partition coefficient (Wildman–Crippen LogP) is 1.53. The van der Waals surface area contributed by atoms with Crippen molar-refractivity contribution < 1.29 is 13.2 Å². The summed E-state index contributed by atoms with van der Waals surface area (Å²) in [6, 6.07) is 4.42. The number of rotatable bonds is 7. The van der Waals surface area contributed by atoms with Gasteiger partial charge in [-0.2, -0.15) is 5.10 Å². The zero-order chi connectivity index (χ0) is 21.2. The fourth-order valence-electron chi connectivity index (χ4n) is 2.91. The van der Waals surface area contributed by atoms with Crippen molar-refractivity contribution in [1.82, 2.24) is 20.4 Å². The van der Waals surface area contributed by atoms with Crippen molar-refractivity contribution in [3.8, 4) is 5.69 Å². The lowest BCUT2D eigenvalue weighted by Gasteiger charge is -2.12. The average Bonchev–Trinajstić information content (AvgIpc) is 3.39. The Morgan fingerprint density at radius 1 is 1.45 bits per heavy atom. The fourth-order valence-corrected chi connectivity index (χ4v) is 4.35. The molecule has 29 heavy (non-hydrogen) atoms. The quantitative estimate of drug-likeness (QED) is 0.383. The van der Waals surface area contributed by atoms with E-state index in [0.29, 0.717) is 16.9 Å². The number of hydrogen-bond donors (Lipinski definition) is 4. The maximum Gasteiger partial charge on any atom is 0.261 e. The zero-order valence-corrected chi connectivity index (χ0v) is 17.2. The van der Waals surface area contributed by atoms with E-state index in [-0.39, 0.29) is 21.6 Å². The minimum absolute atomic E-state index is 0.0988. The number of guanidine groups is 1. The molecular weight excluding hydrogens is 416 g/mol. The number of nitrogens with two attached hydrogens (primary N) is 1. The molecule has 0 spiro atoms. The van der Waals surface area contributed by atoms with Crippen LogP contribution in [0.2, 0.25) is 5.02 Å². The number of nitrogens with one attached hydrogen (secondary N) is 3. The van der Waals surface area contributed by atoms with Crippen molar-refractivity contribution >= 4 is 33.3 Å². The number of hydrogen-bond acceptors (Lipinski definition) is 6. The fraction of sp³-hybridized carbons (Fsp3) is 0.278. The lowest BCUT2D eigenvalue weighted by Crippen LogP contribution is -2.36. The lowest BCUT2D eigenvalue weighted by atomic mass is 10.1. The Bertz CT molecular complexity index is 1090. The summed E-state index contributed by atoms with van der Waals surface area (Å²) in [5, 5.41) is 16.7. The van der Waals surface area contributed by atoms with E-state index in [1.165, 1.54) is 24.4 Å². The largest absolute Gasteiger partial charge is 0.394 e. The molecule has 0 aliphatic heterocycles. The molecule has 0 atom stereocenters. The monoisotopic (exact) mass is 436 g/mol. The molecule has 1 fully saturated rings. The van der Waals surface area contributed by atoms with E-state index in [4.69, 9.17) is 22.7 Å². The number of carbonyl (C=O) groups is 1. The van der Waals surface area contributed by atoms with E-state index in [2.05, 4.69) is 15.7 Å². The van der Waals surface area contributed by atoms with E-state index in [1.807, 2.05) is 0 Å². The van der Waals surface area contributed by atoms with Crippen LogP contribution in [0.4, 0.5) is 0 Å². The van der Waals surface area contributed by atoms with Gasteiger partial charge in [0.05, 0.1) is 38.8 Å². The molecule has 5 N–H and O–H groups in total. The first-order valence-electron chi connectivity index (χ1n) is 8.83. The molecule has 154 valence electrons. The van der Waals surface area contributed by atoms with Crippen LogP contribution < -0.4 is 16.4 Å². The molecule has 11 heteroatoms. The van der Waals surface area contributed by atoms with Gasteiger partial charge in [0.2, 0.25) is 0 Å². The molecular formula is C18H21ClN6O3S. The molecule has 0 saturated heterocycles. The van der Waals surface area contributed by atoms with Gasteiger partial charge in [-0.1, -0.05) is 17.7 Å². The van der Waals surface area contributed by atoms with Crippen LogP contribution in [0.5, 0.6) is 0 Å². The number of halogens is 1. The van der Waals surface area contributed by atoms with E-state index in [1.54, 1.807) is 24.0 Å². The number of benzene rings is 1. The molecule has 1 heterocycles. The van der Waals surface area contributed by atoms with Crippen molar-refractivity contribution in [2.75, 3.05) is 12.8 Å². The van der Waals surface area contributed by atoms with Crippen LogP contribution in [-0.2, 0) is 9.84 Å². The van der Waals surface area contributed by atoms with Crippen molar-refractivity contribution in [3.63, 3.8) is 0 Å². The first-order chi connectivity index (χ1) is 13.7. The van der Waals surface area contributed by atoms with Gasteiger partial charge in [0.1, 0.15) is 0 Å². The van der Waals surface area contributed by atoms with Gasteiger partial charge in [0.15, 0.2) is 15.8 Å². The molecule has 1 aliphatic carbocycles. The van der Waals surface area contributed by atoms with E-state index < -0.39 is 21.7 Å². The third-order valence-corrected chi connectivity index (χ3v) is 6.28. The molecule has 9 nitrogen and oxygen atoms in total. The van der Waals surface area contributed by atoms with Crippen LogP contribution in [0.3, 0.4) is 0 Å². The van der Waals surface area contributed by atoms with Crippen LogP contribution in [0.1, 0.15) is 34.8 Å². The predicted molar refractivity (Wildman–Crippen MR) is 110 cm³/mol. The molecule has 0 bridgehead atoms. The summed E-state index contributed by atoms with van der Waals surface area (Å²) in [6.45, 7) is 0. The topological polar surface area (TPSA) is 143 Å². The highest BCUT2D eigenvalue weighted by atomic mass is 35.5. The minimum Gasteiger partial charge on any atom is -0.394 e. The Labute approximate surface area is 173 Å². The Morgan fingerprint density at radius 3 is 2.76 bits per heavy atom. The molecule has 0 unspecified atom stereocenters. The molecule has 1 aliphatic rings. The van der Waals surface area contributed by atoms with Crippen molar-refractivity contribution in [1.29, 1.82) is 5.41 Å². The van der Waals surface area contributed by atoms with Gasteiger partial charge in [-0.25, -0.2) is 13.1 Å². The molecule has 3 rings (SSSR count). The van der Waals surface area contributed by atoms with Crippen LogP contribution in [-0.4, -0.2) is 42.9 Å². The van der Waals surface area contributed by atoms with Crippen molar-refractivity contribution in [3.05, 3.63) is 53.0 Å². The Hall–Kier alpha value is -2.85. The highest BCUT2D eigenvalue weighted by Crippen LogP contribution is 2.43. The normalized spacial score (nSPS) is 14.1.